The van der Waals surface area contributed by atoms with Crippen molar-refractivity contribution in [2.75, 3.05) is 0 Å². The maximum Gasteiger partial charge on any atom is 0.0336 e. The number of hydrogen-bond acceptors (Lipinski definition) is 0. The summed E-state index contributed by atoms with van der Waals surface area (Å²) in [5.74, 6) is 1.29. The quantitative estimate of drug-likeness (QED) is 0.107. The van der Waals surface area contributed by atoms with Gasteiger partial charge in [0.25, 0.3) is 0 Å². The van der Waals surface area contributed by atoms with Crippen LogP contribution in [0.4, 0.5) is 0 Å². The van der Waals surface area contributed by atoms with Crippen LogP contribution in [-0.2, 0) is 0 Å². The van der Waals surface area contributed by atoms with Gasteiger partial charge >= 0.3 is 0 Å². The summed E-state index contributed by atoms with van der Waals surface area (Å²) in [6.07, 6.45) is 0. The van der Waals surface area contributed by atoms with Crippen molar-refractivity contribution < 1.29 is 0 Å². The van der Waals surface area contributed by atoms with Crippen LogP contribution in [0.1, 0.15) is 66.8 Å². The van der Waals surface area contributed by atoms with Crippen molar-refractivity contribution in [1.29, 1.82) is 0 Å². The van der Waals surface area contributed by atoms with Gasteiger partial charge in [-0.05, 0) is 23.0 Å². The van der Waals surface area contributed by atoms with Crippen LogP contribution in [0.5, 0.6) is 0 Å². The molecule has 0 saturated carbocycles. The molecule has 720 valence electrons. The third-order valence-electron chi connectivity index (χ3n) is 38.3. The van der Waals surface area contributed by atoms with E-state index in [1.165, 1.54) is 79.6 Å². The van der Waals surface area contributed by atoms with Crippen LogP contribution in [-0.4, -0.2) is 438 Å². The molecule has 50 heteroatoms. The van der Waals surface area contributed by atoms with E-state index in [2.05, 4.69) is 196 Å². The van der Waals surface area contributed by atoms with Crippen molar-refractivity contribution in [3.05, 3.63) is 0 Å². The van der Waals surface area contributed by atoms with Crippen molar-refractivity contribution in [2.24, 2.45) is 5.92 Å². The first kappa shape index (κ1) is 146. The van der Waals surface area contributed by atoms with E-state index in [1.54, 1.807) is 116 Å². The van der Waals surface area contributed by atoms with Gasteiger partial charge in [-0.3, -0.25) is 0 Å². The Kier molecular flexibility index (Phi) is 92.0. The molecule has 0 aromatic carbocycles. The van der Waals surface area contributed by atoms with E-state index in [-0.39, 0.29) is 239 Å². The SMILES string of the molecule is C.C.C.C.C.C.C.C.C.C[SiH2][SiH](C)C[SiH](C)C[SiH](C)[Si]1(C)[SiH](C)CC([SiH3])C([SiH3])[SiH]1C.C[SiH2][SiH](C)C[SiH](C)[Si]1(C)CC([SiH3])C[SiH2]1.C[SiH2][SiH](C)C[SiH](C)[Si]1(C)[SiH](C)CC(C[SiH](C)CC[SiH3])C([SiH3])[SiH]1C.C[SiH2][Si]1(C)[SiH2]C[SiH2]C([SiH3])C[SiH]1C.C[SiH2][Si]1(C)[SiH](C)CC([SiH3])C([SiH3])[SiH2][SiH2][SiH]1C.C[SiH]1CC([SiH3])C([SiH3])[SiH2][SiH2][SiH](C)[SiH]1C.C[SiH]1CC([SiH3])[SiH2]C[SiH2][SiH]1C. The van der Waals surface area contributed by atoms with E-state index in [4.69, 9.17) is 0 Å². The van der Waals surface area contributed by atoms with Crippen LogP contribution >= 0.6 is 0 Å². The molecule has 0 spiro atoms. The first-order valence-electron chi connectivity index (χ1n) is 50.0. The van der Waals surface area contributed by atoms with Crippen LogP contribution in [0.2, 0.25) is 350 Å². The fourth-order valence-electron chi connectivity index (χ4n) is 24.8. The first-order chi connectivity index (χ1) is 50.0. The van der Waals surface area contributed by atoms with Gasteiger partial charge in [-0.25, -0.2) is 0 Å². The molecule has 117 heavy (non-hydrogen) atoms. The highest BCUT2D eigenvalue weighted by atomic mass is 30.0. The van der Waals surface area contributed by atoms with Crippen molar-refractivity contribution in [1.82, 2.24) is 0 Å². The summed E-state index contributed by atoms with van der Waals surface area (Å²) in [7, 11) is 20.6. The van der Waals surface area contributed by atoms with E-state index < -0.39 is 27.0 Å². The molecular weight excluding hydrogens is 2210 g/mol. The van der Waals surface area contributed by atoms with Gasteiger partial charge in [0.05, 0.1) is 0 Å². The Morgan fingerprint density at radius 3 is 1.36 bits per heavy atom. The fraction of sp³-hybridized carbons (Fsp3) is 1.00. The van der Waals surface area contributed by atoms with Gasteiger partial charge in [0, 0.05) is 421 Å². The minimum Gasteiger partial charge on any atom is -0.0776 e. The van der Waals surface area contributed by atoms with Crippen molar-refractivity contribution >= 4 is 438 Å². The first-order valence-corrected chi connectivity index (χ1v) is 192. The molecule has 7 saturated heterocycles. The van der Waals surface area contributed by atoms with E-state index in [0.29, 0.717) is 127 Å². The highest BCUT2D eigenvalue weighted by Gasteiger charge is 2.54. The summed E-state index contributed by atoms with van der Waals surface area (Å²) in [6.45, 7) is 81.7. The van der Waals surface area contributed by atoms with Gasteiger partial charge in [0.15, 0.2) is 0 Å². The van der Waals surface area contributed by atoms with Crippen molar-refractivity contribution in [2.45, 2.75) is 417 Å². The molecule has 0 nitrogen and oxygen atoms in total. The van der Waals surface area contributed by atoms with E-state index in [1.807, 2.05) is 76.3 Å². The average Bonchev–Trinajstić information content (AvgIpc) is 1.12. The zero-order chi connectivity index (χ0) is 83.3. The Labute approximate surface area is 849 Å². The average molecular weight is 2460 g/mol. The van der Waals surface area contributed by atoms with Crippen molar-refractivity contribution in [3.8, 4) is 0 Å². The second-order valence-corrected chi connectivity index (χ2v) is 363. The minimum atomic E-state index is -0.670. The Bertz CT molecular complexity index is 2350. The van der Waals surface area contributed by atoms with Gasteiger partial charge in [0.2, 0.25) is 0 Å². The number of hydrogen-bond donors (Lipinski definition) is 0. The zero-order valence-corrected chi connectivity index (χ0v) is 153. The lowest BCUT2D eigenvalue weighted by atomic mass is 10.2. The summed E-state index contributed by atoms with van der Waals surface area (Å²) < 4.78 is 0. The fourth-order valence-corrected chi connectivity index (χ4v) is 683. The van der Waals surface area contributed by atoms with Crippen LogP contribution in [0.25, 0.3) is 0 Å². The van der Waals surface area contributed by atoms with Gasteiger partial charge in [0.1, 0.15) is 0 Å². The van der Waals surface area contributed by atoms with Gasteiger partial charge in [-0.15, -0.1) is 0 Å². The van der Waals surface area contributed by atoms with Crippen LogP contribution < -0.4 is 0 Å². The predicted molar refractivity (Wildman–Crippen MR) is 760 cm³/mol. The molecule has 7 aliphatic heterocycles. The molecular formula is C67H252Si50. The van der Waals surface area contributed by atoms with Crippen LogP contribution in [0.15, 0.2) is 0 Å². The number of rotatable bonds is 20. The van der Waals surface area contributed by atoms with Gasteiger partial charge in [-0.2, -0.15) is 0 Å². The maximum atomic E-state index is 3.02. The van der Waals surface area contributed by atoms with Crippen LogP contribution in [0, 0.1) is 5.92 Å². The predicted octanol–water partition coefficient (Wildman–Crippen LogP) is -6.15. The Morgan fingerprint density at radius 1 is 0.436 bits per heavy atom. The molecule has 0 bridgehead atoms. The molecule has 0 amide bonds. The Hall–Kier alpha value is 10.8. The lowest BCUT2D eigenvalue weighted by Crippen LogP contribution is -2.73. The third kappa shape index (κ3) is 49.5. The standard InChI is InChI=1S/C14H46Si9.C12H42Si9.C8H28Si6.C7H30Si8.C6H26Si7.C6H24Si6.C5H20Si5.9CH4/c1-17-19(3)12-21(5)23(7)20(4)11-13(14(16)22(23)6)10-18(2)9-8-15;1-15-17(3)9-16(2)10-19(5)21(7)18(4)8-11(13)12(14)20(21)6;1-10-12(2)7-13(3)14(4)6-8(9)5-11-14;1-10-15(4)13(2)5-6(8)7(9)11-12-14(15)3;1-11-4-5(7)6(8)9-10-12(2)13(11)3;1-8-12(3)10-5-9-6(7)4-11(12)2;1-9-3-5(6)7-4-8-10(9)2;;;;;;;;;/h13-14,18-22H,8-12,17H2,1-7,15-16H3;11-12,16-20H,8-10,15H2,1-7,13-14H3;8,12-13H,5-7,10-11H2,1-4,9H3;6-7,13-14H,5,10-12H2,1-4,8-9H3;5-6,11-13H,4,9-10H2,1-3,7-8H3;6,11H,4-5,8-10H2,1-3,7H3;5,9-10H,3-4,7-8H2,1-2,6H3;9*1H4. The van der Waals surface area contributed by atoms with E-state index in [0.717, 1.165) is 0 Å². The molecule has 0 aliphatic carbocycles. The molecule has 36 unspecified atom stereocenters. The minimum absolute atomic E-state index is 0. The highest BCUT2D eigenvalue weighted by Crippen LogP contribution is 2.43. The second kappa shape index (κ2) is 73.9. The molecule has 36 atom stereocenters. The molecule has 7 rings (SSSR count). The lowest BCUT2D eigenvalue weighted by molar-refractivity contribution is 0.673. The Balaban J connectivity index is -0.000000166. The topological polar surface area (TPSA) is 0 Å². The third-order valence-corrected chi connectivity index (χ3v) is 560. The molecule has 0 aromatic rings. The molecule has 0 radical (unpaired) electrons. The Morgan fingerprint density at radius 2 is 0.880 bits per heavy atom. The van der Waals surface area contributed by atoms with Gasteiger partial charge < -0.3 is 0 Å². The summed E-state index contributed by atoms with van der Waals surface area (Å²) in [5, 5.41) is 8.40. The van der Waals surface area contributed by atoms with E-state index in [9.17, 15) is 0 Å². The monoisotopic (exact) mass is 2460 g/mol. The molecule has 7 aliphatic rings. The van der Waals surface area contributed by atoms with E-state index >= 15 is 0 Å². The summed E-state index contributed by atoms with van der Waals surface area (Å²) >= 11 is 0. The molecule has 0 N–H and O–H groups in total. The zero-order valence-electron chi connectivity index (χ0n) is 83.3. The maximum absolute atomic E-state index is 3.02. The lowest BCUT2D eigenvalue weighted by Gasteiger charge is -2.52. The second-order valence-electron chi connectivity index (χ2n) is 46.3. The normalized spacial score (nSPS) is 41.9. The van der Waals surface area contributed by atoms with Crippen molar-refractivity contribution in [3.63, 3.8) is 0 Å². The summed E-state index contributed by atoms with van der Waals surface area (Å²) in [5.41, 5.74) is 16.6. The highest BCUT2D eigenvalue weighted by molar-refractivity contribution is 7.86. The summed E-state index contributed by atoms with van der Waals surface area (Å²) in [4.78, 5) is 0. The molecule has 0 aromatic heterocycles. The summed E-state index contributed by atoms with van der Waals surface area (Å²) in [6, 6.07) is 19.7. The van der Waals surface area contributed by atoms with Crippen LogP contribution in [0.3, 0.4) is 0 Å². The largest absolute Gasteiger partial charge is 0.0776 e. The molecule has 7 heterocycles. The smallest absolute Gasteiger partial charge is 0.0336 e. The van der Waals surface area contributed by atoms with Gasteiger partial charge in [-0.1, -0.05) is 417 Å². The molecule has 7 fully saturated rings.